The van der Waals surface area contributed by atoms with E-state index in [1.165, 1.54) is 0 Å². The van der Waals surface area contributed by atoms with E-state index in [2.05, 4.69) is 14.8 Å². The number of alkyl halides is 1. The highest BCUT2D eigenvalue weighted by molar-refractivity contribution is 7.91. The van der Waals surface area contributed by atoms with Crippen molar-refractivity contribution in [2.45, 2.75) is 37.1 Å². The van der Waals surface area contributed by atoms with Gasteiger partial charge in [-0.2, -0.15) is 0 Å². The second-order valence-electron chi connectivity index (χ2n) is 4.81. The summed E-state index contributed by atoms with van der Waals surface area (Å²) in [6.07, 6.45) is 2.90. The van der Waals surface area contributed by atoms with E-state index >= 15 is 0 Å². The molecule has 2 fully saturated rings. The highest BCUT2D eigenvalue weighted by Gasteiger charge is 2.36. The van der Waals surface area contributed by atoms with Gasteiger partial charge in [-0.25, -0.2) is 8.42 Å². The van der Waals surface area contributed by atoms with Gasteiger partial charge in [-0.05, 0) is 19.3 Å². The Morgan fingerprint density at radius 2 is 2.06 bits per heavy atom. The summed E-state index contributed by atoms with van der Waals surface area (Å²) in [6.45, 7) is 0. The maximum absolute atomic E-state index is 11.5. The van der Waals surface area contributed by atoms with E-state index in [1.54, 1.807) is 0 Å². The fraction of sp³-hybridized carbons (Fsp3) is 0.800. The molecule has 94 valence electrons. The van der Waals surface area contributed by atoms with Gasteiger partial charge in [0.25, 0.3) is 0 Å². The van der Waals surface area contributed by atoms with Crippen molar-refractivity contribution in [3.63, 3.8) is 0 Å². The Labute approximate surface area is 105 Å². The summed E-state index contributed by atoms with van der Waals surface area (Å²) in [5, 5.41) is 8.23. The molecule has 1 saturated carbocycles. The second kappa shape index (κ2) is 3.95. The molecule has 1 aromatic heterocycles. The van der Waals surface area contributed by atoms with Crippen LogP contribution in [0.15, 0.2) is 0 Å². The van der Waals surface area contributed by atoms with Crippen molar-refractivity contribution in [1.82, 2.24) is 14.8 Å². The lowest BCUT2D eigenvalue weighted by atomic mass is 10.1. The van der Waals surface area contributed by atoms with Crippen molar-refractivity contribution in [2.24, 2.45) is 0 Å². The summed E-state index contributed by atoms with van der Waals surface area (Å²) >= 11 is 5.84. The summed E-state index contributed by atoms with van der Waals surface area (Å²) in [5.41, 5.74) is 0. The number of rotatable bonds is 3. The number of nitrogens with zero attached hydrogens (tertiary/aromatic N) is 3. The van der Waals surface area contributed by atoms with Crippen molar-refractivity contribution in [1.29, 1.82) is 0 Å². The molecule has 5 nitrogen and oxygen atoms in total. The topological polar surface area (TPSA) is 64.8 Å². The zero-order valence-electron chi connectivity index (χ0n) is 9.34. The predicted molar refractivity (Wildman–Crippen MR) is 63.9 cm³/mol. The van der Waals surface area contributed by atoms with Gasteiger partial charge in [-0.15, -0.1) is 21.8 Å². The molecule has 1 aliphatic heterocycles. The van der Waals surface area contributed by atoms with Crippen LogP contribution in [0, 0.1) is 0 Å². The van der Waals surface area contributed by atoms with Crippen molar-refractivity contribution in [3.8, 4) is 0 Å². The minimum atomic E-state index is -2.88. The van der Waals surface area contributed by atoms with E-state index in [1.807, 2.05) is 0 Å². The first-order chi connectivity index (χ1) is 8.11. The van der Waals surface area contributed by atoms with Gasteiger partial charge in [0.05, 0.1) is 17.4 Å². The quantitative estimate of drug-likeness (QED) is 0.779. The third-order valence-electron chi connectivity index (χ3n) is 3.42. The number of halogens is 1. The highest BCUT2D eigenvalue weighted by atomic mass is 35.5. The molecule has 2 aliphatic rings. The van der Waals surface area contributed by atoms with Crippen LogP contribution in [0.5, 0.6) is 0 Å². The average Bonchev–Trinajstić information content (AvgIpc) is 2.93. The summed E-state index contributed by atoms with van der Waals surface area (Å²) in [4.78, 5) is 0. The molecule has 0 spiro atoms. The molecule has 1 aromatic rings. The lowest BCUT2D eigenvalue weighted by Gasteiger charge is -2.11. The van der Waals surface area contributed by atoms with Crippen molar-refractivity contribution < 1.29 is 8.42 Å². The molecule has 2 heterocycles. The molecule has 0 bridgehead atoms. The standard InChI is InChI=1S/C10H14ClN3O2S/c11-5-9-12-13-10(14(9)8-1-2-8)7-3-4-17(15,16)6-7/h7-8H,1-6H2. The Hall–Kier alpha value is -0.620. The van der Waals surface area contributed by atoms with Crippen LogP contribution in [0.1, 0.15) is 42.9 Å². The number of sulfone groups is 1. The van der Waals surface area contributed by atoms with Crippen LogP contribution in [-0.4, -0.2) is 34.7 Å². The number of aromatic nitrogens is 3. The van der Waals surface area contributed by atoms with Gasteiger partial charge in [-0.1, -0.05) is 0 Å². The van der Waals surface area contributed by atoms with E-state index in [9.17, 15) is 8.42 Å². The molecule has 7 heteroatoms. The van der Waals surface area contributed by atoms with Crippen LogP contribution in [0.2, 0.25) is 0 Å². The molecule has 0 N–H and O–H groups in total. The van der Waals surface area contributed by atoms with Crippen LogP contribution in [-0.2, 0) is 15.7 Å². The van der Waals surface area contributed by atoms with Crippen LogP contribution in [0.3, 0.4) is 0 Å². The van der Waals surface area contributed by atoms with E-state index in [-0.39, 0.29) is 17.4 Å². The van der Waals surface area contributed by atoms with Crippen LogP contribution >= 0.6 is 11.6 Å². The first kappa shape index (κ1) is 11.5. The molecule has 1 unspecified atom stereocenters. The van der Waals surface area contributed by atoms with Gasteiger partial charge >= 0.3 is 0 Å². The maximum Gasteiger partial charge on any atom is 0.151 e. The molecule has 0 aromatic carbocycles. The van der Waals surface area contributed by atoms with Crippen molar-refractivity contribution in [2.75, 3.05) is 11.5 Å². The van der Waals surface area contributed by atoms with E-state index < -0.39 is 9.84 Å². The zero-order chi connectivity index (χ0) is 12.0. The van der Waals surface area contributed by atoms with Crippen molar-refractivity contribution >= 4 is 21.4 Å². The summed E-state index contributed by atoms with van der Waals surface area (Å²) in [7, 11) is -2.88. The first-order valence-corrected chi connectivity index (χ1v) is 8.16. The lowest BCUT2D eigenvalue weighted by Crippen LogP contribution is -2.11. The molecule has 0 amide bonds. The molecular weight excluding hydrogens is 262 g/mol. The monoisotopic (exact) mass is 275 g/mol. The number of hydrogen-bond acceptors (Lipinski definition) is 4. The van der Waals surface area contributed by atoms with Gasteiger partial charge in [0.2, 0.25) is 0 Å². The Kier molecular flexibility index (Phi) is 2.66. The van der Waals surface area contributed by atoms with Crippen LogP contribution < -0.4 is 0 Å². The second-order valence-corrected chi connectivity index (χ2v) is 7.31. The Balaban J connectivity index is 1.95. The highest BCUT2D eigenvalue weighted by Crippen LogP contribution is 2.40. The summed E-state index contributed by atoms with van der Waals surface area (Å²) in [6, 6.07) is 0.442. The van der Waals surface area contributed by atoms with E-state index in [0.29, 0.717) is 18.3 Å². The Bertz CT molecular complexity index is 536. The van der Waals surface area contributed by atoms with Crippen LogP contribution in [0.4, 0.5) is 0 Å². The first-order valence-electron chi connectivity index (χ1n) is 5.81. The predicted octanol–water partition coefficient (Wildman–Crippen LogP) is 1.25. The minimum Gasteiger partial charge on any atom is -0.311 e. The normalized spacial score (nSPS) is 27.5. The Morgan fingerprint density at radius 3 is 2.59 bits per heavy atom. The SMILES string of the molecule is O=S1(=O)CCC(c2nnc(CCl)n2C2CC2)C1. The third kappa shape index (κ3) is 2.08. The fourth-order valence-corrected chi connectivity index (χ4v) is 4.36. The molecule has 3 rings (SSSR count). The van der Waals surface area contributed by atoms with Crippen LogP contribution in [0.25, 0.3) is 0 Å². The van der Waals surface area contributed by atoms with E-state index in [0.717, 1.165) is 24.5 Å². The summed E-state index contributed by atoms with van der Waals surface area (Å²) < 4.78 is 25.1. The molecule has 1 saturated heterocycles. The molecule has 0 radical (unpaired) electrons. The van der Waals surface area contributed by atoms with Crippen molar-refractivity contribution in [3.05, 3.63) is 11.6 Å². The fourth-order valence-electron chi connectivity index (χ4n) is 2.44. The summed E-state index contributed by atoms with van der Waals surface area (Å²) in [5.74, 6) is 2.41. The minimum absolute atomic E-state index is 0.00469. The molecule has 1 aliphatic carbocycles. The molecule has 1 atom stereocenters. The maximum atomic E-state index is 11.5. The lowest BCUT2D eigenvalue weighted by molar-refractivity contribution is 0.593. The molecule has 17 heavy (non-hydrogen) atoms. The van der Waals surface area contributed by atoms with Gasteiger partial charge in [0.15, 0.2) is 9.84 Å². The van der Waals surface area contributed by atoms with Gasteiger partial charge in [-0.3, -0.25) is 0 Å². The molecular formula is C10H14ClN3O2S. The van der Waals surface area contributed by atoms with Gasteiger partial charge < -0.3 is 4.57 Å². The van der Waals surface area contributed by atoms with E-state index in [4.69, 9.17) is 11.6 Å². The zero-order valence-corrected chi connectivity index (χ0v) is 10.9. The Morgan fingerprint density at radius 1 is 1.29 bits per heavy atom. The number of hydrogen-bond donors (Lipinski definition) is 0. The third-order valence-corrected chi connectivity index (χ3v) is 5.43. The largest absolute Gasteiger partial charge is 0.311 e. The average molecular weight is 276 g/mol. The van der Waals surface area contributed by atoms with Gasteiger partial charge in [0.1, 0.15) is 11.6 Å². The smallest absolute Gasteiger partial charge is 0.151 e. The van der Waals surface area contributed by atoms with Gasteiger partial charge in [0, 0.05) is 12.0 Å².